The van der Waals surface area contributed by atoms with Crippen LogP contribution in [0, 0.1) is 5.41 Å². The van der Waals surface area contributed by atoms with Gasteiger partial charge in [-0.2, -0.15) is 0 Å². The first-order valence-corrected chi connectivity index (χ1v) is 7.69. The molecule has 0 amide bonds. The maximum absolute atomic E-state index is 12.8. The molecule has 1 nitrogen and oxygen atoms in total. The van der Waals surface area contributed by atoms with Crippen molar-refractivity contribution in [3.05, 3.63) is 21.9 Å². The van der Waals surface area contributed by atoms with E-state index in [0.717, 1.165) is 19.3 Å². The molecule has 1 atom stereocenters. The normalized spacial score (nSPS) is 26.8. The van der Waals surface area contributed by atoms with Crippen molar-refractivity contribution < 1.29 is 4.79 Å². The van der Waals surface area contributed by atoms with Gasteiger partial charge in [-0.3, -0.25) is 4.79 Å². The maximum Gasteiger partial charge on any atom is 0.146 e. The van der Waals surface area contributed by atoms with Crippen molar-refractivity contribution >= 4 is 17.1 Å². The number of Topliss-reactive ketones (excluding diaryl/α,β-unsaturated/α-hetero) is 1. The lowest BCUT2D eigenvalue weighted by Crippen LogP contribution is -2.31. The standard InChI is InChI=1S/C15H20OS/c1-15(8-2-3-9-15)14(16)12-5-4-6-13-11(12)7-10-17-13/h7,10,12H,2-6,8-9H2,1H3. The smallest absolute Gasteiger partial charge is 0.146 e. The highest BCUT2D eigenvalue weighted by molar-refractivity contribution is 7.10. The van der Waals surface area contributed by atoms with Crippen LogP contribution in [-0.2, 0) is 11.2 Å². The highest BCUT2D eigenvalue weighted by Gasteiger charge is 2.41. The number of carbonyl (C=O) groups is 1. The summed E-state index contributed by atoms with van der Waals surface area (Å²) in [5.74, 6) is 0.752. The second-order valence-corrected chi connectivity index (χ2v) is 6.88. The molecule has 3 rings (SSSR count). The van der Waals surface area contributed by atoms with Crippen LogP contribution in [0.15, 0.2) is 11.4 Å². The molecule has 0 spiro atoms. The van der Waals surface area contributed by atoms with Crippen LogP contribution in [0.25, 0.3) is 0 Å². The average Bonchev–Trinajstić information content (AvgIpc) is 2.96. The number of rotatable bonds is 2. The predicted octanol–water partition coefficient (Wildman–Crippen LogP) is 4.32. The van der Waals surface area contributed by atoms with Gasteiger partial charge in [0, 0.05) is 16.2 Å². The highest BCUT2D eigenvalue weighted by Crippen LogP contribution is 2.45. The van der Waals surface area contributed by atoms with Gasteiger partial charge in [-0.25, -0.2) is 0 Å². The minimum Gasteiger partial charge on any atom is -0.298 e. The SMILES string of the molecule is CC1(C(=O)C2CCCc3sccc32)CCCC1. The molecule has 1 fully saturated rings. The van der Waals surface area contributed by atoms with E-state index in [9.17, 15) is 4.79 Å². The lowest BCUT2D eigenvalue weighted by Gasteiger charge is -2.30. The summed E-state index contributed by atoms with van der Waals surface area (Å²) in [4.78, 5) is 14.3. The molecule has 0 bridgehead atoms. The first-order chi connectivity index (χ1) is 8.21. The second kappa shape index (κ2) is 4.24. The molecule has 0 aromatic carbocycles. The number of ketones is 1. The fourth-order valence-corrected chi connectivity index (χ4v) is 4.57. The monoisotopic (exact) mass is 248 g/mol. The van der Waals surface area contributed by atoms with Gasteiger partial charge >= 0.3 is 0 Å². The van der Waals surface area contributed by atoms with Crippen LogP contribution in [0.3, 0.4) is 0 Å². The van der Waals surface area contributed by atoms with E-state index in [0.29, 0.717) is 5.78 Å². The molecule has 1 aromatic rings. The fourth-order valence-electron chi connectivity index (χ4n) is 3.58. The summed E-state index contributed by atoms with van der Waals surface area (Å²) < 4.78 is 0. The number of hydrogen-bond acceptors (Lipinski definition) is 2. The van der Waals surface area contributed by atoms with Crippen LogP contribution >= 0.6 is 11.3 Å². The Labute approximate surface area is 107 Å². The third-order valence-corrected chi connectivity index (χ3v) is 5.67. The van der Waals surface area contributed by atoms with Gasteiger partial charge in [-0.05, 0) is 49.1 Å². The summed E-state index contributed by atoms with van der Waals surface area (Å²) in [5.41, 5.74) is 1.35. The highest BCUT2D eigenvalue weighted by atomic mass is 32.1. The molecule has 1 aromatic heterocycles. The van der Waals surface area contributed by atoms with Crippen molar-refractivity contribution in [1.29, 1.82) is 0 Å². The second-order valence-electron chi connectivity index (χ2n) is 5.88. The van der Waals surface area contributed by atoms with E-state index in [4.69, 9.17) is 0 Å². The van der Waals surface area contributed by atoms with Crippen molar-refractivity contribution in [3.63, 3.8) is 0 Å². The number of fused-ring (bicyclic) bond motifs is 1. The molecule has 0 saturated heterocycles. The van der Waals surface area contributed by atoms with Crippen LogP contribution in [0.5, 0.6) is 0 Å². The minimum atomic E-state index is -0.0127. The molecule has 1 heterocycles. The van der Waals surface area contributed by atoms with Gasteiger partial charge in [-0.1, -0.05) is 19.8 Å². The van der Waals surface area contributed by atoms with Gasteiger partial charge in [0.2, 0.25) is 0 Å². The van der Waals surface area contributed by atoms with E-state index < -0.39 is 0 Å². The van der Waals surface area contributed by atoms with Crippen molar-refractivity contribution in [2.24, 2.45) is 5.41 Å². The topological polar surface area (TPSA) is 17.1 Å². The van der Waals surface area contributed by atoms with E-state index in [-0.39, 0.29) is 11.3 Å². The molecule has 0 N–H and O–H groups in total. The van der Waals surface area contributed by atoms with Gasteiger partial charge < -0.3 is 0 Å². The van der Waals surface area contributed by atoms with Crippen LogP contribution in [0.2, 0.25) is 0 Å². The quantitative estimate of drug-likeness (QED) is 0.762. The molecule has 2 aliphatic carbocycles. The molecule has 2 heteroatoms. The Balaban J connectivity index is 1.89. The number of aryl methyl sites for hydroxylation is 1. The van der Waals surface area contributed by atoms with Crippen molar-refractivity contribution in [2.75, 3.05) is 0 Å². The van der Waals surface area contributed by atoms with E-state index in [1.807, 2.05) is 11.3 Å². The van der Waals surface area contributed by atoms with Gasteiger partial charge in [-0.15, -0.1) is 11.3 Å². The Hall–Kier alpha value is -0.630. The Morgan fingerprint density at radius 3 is 2.88 bits per heavy atom. The summed E-state index contributed by atoms with van der Waals surface area (Å²) in [7, 11) is 0. The molecule has 0 aliphatic heterocycles. The number of carbonyl (C=O) groups excluding carboxylic acids is 1. The van der Waals surface area contributed by atoms with Gasteiger partial charge in [0.05, 0.1) is 0 Å². The molecular formula is C15H20OS. The predicted molar refractivity (Wildman–Crippen MR) is 71.6 cm³/mol. The summed E-state index contributed by atoms with van der Waals surface area (Å²) in [5, 5.41) is 2.16. The molecule has 1 saturated carbocycles. The van der Waals surface area contributed by atoms with Crippen LogP contribution in [-0.4, -0.2) is 5.78 Å². The molecule has 0 radical (unpaired) electrons. The van der Waals surface area contributed by atoms with Crippen LogP contribution in [0.1, 0.15) is 61.8 Å². The fraction of sp³-hybridized carbons (Fsp3) is 0.667. The van der Waals surface area contributed by atoms with E-state index in [1.165, 1.54) is 36.1 Å². The van der Waals surface area contributed by atoms with Crippen molar-refractivity contribution in [2.45, 2.75) is 57.8 Å². The first-order valence-electron chi connectivity index (χ1n) is 6.81. The van der Waals surface area contributed by atoms with E-state index >= 15 is 0 Å². The zero-order chi connectivity index (χ0) is 11.9. The number of hydrogen-bond donors (Lipinski definition) is 0. The molecule has 17 heavy (non-hydrogen) atoms. The third-order valence-electron chi connectivity index (χ3n) is 4.67. The summed E-state index contributed by atoms with van der Waals surface area (Å²) in [6.45, 7) is 2.20. The average molecular weight is 248 g/mol. The van der Waals surface area contributed by atoms with Gasteiger partial charge in [0.15, 0.2) is 0 Å². The lowest BCUT2D eigenvalue weighted by atomic mass is 9.72. The van der Waals surface area contributed by atoms with Crippen molar-refractivity contribution in [1.82, 2.24) is 0 Å². The Morgan fingerprint density at radius 2 is 2.12 bits per heavy atom. The van der Waals surface area contributed by atoms with Gasteiger partial charge in [0.1, 0.15) is 5.78 Å². The Kier molecular flexibility index (Phi) is 2.86. The van der Waals surface area contributed by atoms with Crippen LogP contribution < -0.4 is 0 Å². The Bertz CT molecular complexity index is 426. The van der Waals surface area contributed by atoms with Crippen molar-refractivity contribution in [3.8, 4) is 0 Å². The molecule has 92 valence electrons. The maximum atomic E-state index is 12.8. The molecular weight excluding hydrogens is 228 g/mol. The van der Waals surface area contributed by atoms with E-state index in [2.05, 4.69) is 18.4 Å². The summed E-state index contributed by atoms with van der Waals surface area (Å²) in [6.07, 6.45) is 8.17. The first kappa shape index (κ1) is 11.5. The van der Waals surface area contributed by atoms with Gasteiger partial charge in [0.25, 0.3) is 0 Å². The largest absolute Gasteiger partial charge is 0.298 e. The third kappa shape index (κ3) is 1.87. The molecule has 2 aliphatic rings. The summed E-state index contributed by atoms with van der Waals surface area (Å²) in [6, 6.07) is 2.19. The van der Waals surface area contributed by atoms with Crippen LogP contribution in [0.4, 0.5) is 0 Å². The molecule has 1 unspecified atom stereocenters. The number of thiophene rings is 1. The summed E-state index contributed by atoms with van der Waals surface area (Å²) >= 11 is 1.84. The minimum absolute atomic E-state index is 0.0127. The zero-order valence-corrected chi connectivity index (χ0v) is 11.3. The lowest BCUT2D eigenvalue weighted by molar-refractivity contribution is -0.129. The van der Waals surface area contributed by atoms with E-state index in [1.54, 1.807) is 0 Å². The zero-order valence-electron chi connectivity index (χ0n) is 10.5. The Morgan fingerprint density at radius 1 is 1.35 bits per heavy atom.